The van der Waals surface area contributed by atoms with E-state index in [2.05, 4.69) is 20.8 Å². The van der Waals surface area contributed by atoms with Crippen LogP contribution in [-0.4, -0.2) is 79.1 Å². The number of halogens is 3. The summed E-state index contributed by atoms with van der Waals surface area (Å²) in [5.41, 5.74) is 1.54. The number of alkyl halides is 3. The molecule has 0 saturated carbocycles. The molecule has 218 valence electrons. The average molecular weight is 572 g/mol. The minimum atomic E-state index is -4.74. The summed E-state index contributed by atoms with van der Waals surface area (Å²) in [4.78, 5) is 28.8. The standard InChI is InChI=1S/C28H32F3N7O3/c1-18(39)36-12-9-20(10-13-36)26(41)37-14-11-24(23(17-37)19-5-3-2-4-6-19)32-16-21-15-22(7-8-25(21)40)38-27(28(29,30)31)33-34-35-38/h2-8,15,20,23-24,32,40H,9-14,16-17H2,1H3/t23-,24-/m0/s1. The summed E-state index contributed by atoms with van der Waals surface area (Å²) < 4.78 is 40.6. The number of rotatable bonds is 6. The molecule has 0 bridgehead atoms. The molecular weight excluding hydrogens is 539 g/mol. The first-order valence-electron chi connectivity index (χ1n) is 13.6. The Morgan fingerprint density at radius 1 is 1.02 bits per heavy atom. The second kappa shape index (κ2) is 11.9. The van der Waals surface area contributed by atoms with E-state index in [9.17, 15) is 27.9 Å². The molecule has 0 aliphatic carbocycles. The SMILES string of the molecule is CC(=O)N1CCC(C(=O)N2CC[C@H](NCc3cc(-n4nnnc4C(F)(F)F)ccc3O)[C@H](c3ccccc3)C2)CC1. The smallest absolute Gasteiger partial charge is 0.453 e. The minimum absolute atomic E-state index is 0.0299. The van der Waals surface area contributed by atoms with Gasteiger partial charge in [0.2, 0.25) is 11.8 Å². The molecule has 1 aromatic heterocycles. The van der Waals surface area contributed by atoms with Gasteiger partial charge in [-0.3, -0.25) is 9.59 Å². The van der Waals surface area contributed by atoms with Gasteiger partial charge in [0.15, 0.2) is 0 Å². The molecular formula is C28H32F3N7O3. The largest absolute Gasteiger partial charge is 0.508 e. The summed E-state index contributed by atoms with van der Waals surface area (Å²) in [6.07, 6.45) is -2.78. The predicted molar refractivity (Wildman–Crippen MR) is 142 cm³/mol. The number of nitrogens with one attached hydrogen (secondary N) is 1. The third-order valence-corrected chi connectivity index (χ3v) is 8.03. The Kier molecular flexibility index (Phi) is 8.25. The Balaban J connectivity index is 1.30. The predicted octanol–water partition coefficient (Wildman–Crippen LogP) is 3.12. The molecule has 2 amide bonds. The molecule has 2 aromatic carbocycles. The fourth-order valence-electron chi connectivity index (χ4n) is 5.76. The van der Waals surface area contributed by atoms with Gasteiger partial charge in [-0.15, -0.1) is 5.10 Å². The summed E-state index contributed by atoms with van der Waals surface area (Å²) in [6, 6.07) is 13.9. The fourth-order valence-corrected chi connectivity index (χ4v) is 5.76. The topological polar surface area (TPSA) is 116 Å². The maximum absolute atomic E-state index is 13.5. The van der Waals surface area contributed by atoms with E-state index >= 15 is 0 Å². The number of amides is 2. The average Bonchev–Trinajstić information content (AvgIpc) is 3.48. The van der Waals surface area contributed by atoms with Gasteiger partial charge in [0, 0.05) is 63.1 Å². The molecule has 2 aliphatic rings. The van der Waals surface area contributed by atoms with E-state index < -0.39 is 12.0 Å². The van der Waals surface area contributed by atoms with Crippen LogP contribution >= 0.6 is 0 Å². The van der Waals surface area contributed by atoms with Gasteiger partial charge in [-0.05, 0) is 53.5 Å². The maximum atomic E-state index is 13.5. The van der Waals surface area contributed by atoms with Gasteiger partial charge in [0.25, 0.3) is 5.82 Å². The molecule has 2 saturated heterocycles. The van der Waals surface area contributed by atoms with Crippen molar-refractivity contribution in [2.24, 2.45) is 5.92 Å². The maximum Gasteiger partial charge on any atom is 0.453 e. The number of likely N-dealkylation sites (tertiary alicyclic amines) is 2. The molecule has 2 fully saturated rings. The second-order valence-electron chi connectivity index (χ2n) is 10.6. The van der Waals surface area contributed by atoms with E-state index in [1.165, 1.54) is 18.2 Å². The Bertz CT molecular complexity index is 1370. The van der Waals surface area contributed by atoms with Crippen LogP contribution in [0.4, 0.5) is 13.2 Å². The van der Waals surface area contributed by atoms with Crippen molar-refractivity contribution in [1.29, 1.82) is 0 Å². The van der Waals surface area contributed by atoms with Crippen LogP contribution in [0, 0.1) is 5.92 Å². The minimum Gasteiger partial charge on any atom is -0.508 e. The van der Waals surface area contributed by atoms with E-state index in [-0.39, 0.29) is 47.7 Å². The summed E-state index contributed by atoms with van der Waals surface area (Å²) in [5, 5.41) is 23.7. The lowest BCUT2D eigenvalue weighted by Gasteiger charge is -2.41. The second-order valence-corrected chi connectivity index (χ2v) is 10.6. The number of aromatic nitrogens is 4. The number of phenolic OH excluding ortho intramolecular Hbond substituents is 1. The molecule has 3 heterocycles. The van der Waals surface area contributed by atoms with E-state index in [0.29, 0.717) is 55.7 Å². The third kappa shape index (κ3) is 6.34. The van der Waals surface area contributed by atoms with Crippen molar-refractivity contribution < 1.29 is 27.9 Å². The van der Waals surface area contributed by atoms with E-state index in [1.54, 1.807) is 11.8 Å². The lowest BCUT2D eigenvalue weighted by atomic mass is 9.84. The van der Waals surface area contributed by atoms with Crippen LogP contribution in [0.1, 0.15) is 49.1 Å². The molecule has 0 radical (unpaired) electrons. The zero-order valence-electron chi connectivity index (χ0n) is 22.6. The monoisotopic (exact) mass is 571 g/mol. The molecule has 2 aliphatic heterocycles. The van der Waals surface area contributed by atoms with Gasteiger partial charge in [-0.25, -0.2) is 0 Å². The van der Waals surface area contributed by atoms with Crippen molar-refractivity contribution in [3.05, 3.63) is 65.5 Å². The van der Waals surface area contributed by atoms with Gasteiger partial charge in [0.1, 0.15) is 5.75 Å². The first-order chi connectivity index (χ1) is 19.6. The lowest BCUT2D eigenvalue weighted by molar-refractivity contribution is -0.146. The normalized spacial score (nSPS) is 20.3. The molecule has 0 spiro atoms. The fraction of sp³-hybridized carbons (Fsp3) is 0.464. The van der Waals surface area contributed by atoms with Crippen LogP contribution in [0.15, 0.2) is 48.5 Å². The zero-order chi connectivity index (χ0) is 29.1. The number of nitrogens with zero attached hydrogens (tertiary/aromatic N) is 6. The Morgan fingerprint density at radius 3 is 2.41 bits per heavy atom. The number of aromatic hydroxyl groups is 1. The summed E-state index contributed by atoms with van der Waals surface area (Å²) in [7, 11) is 0. The van der Waals surface area contributed by atoms with E-state index in [1.807, 2.05) is 35.2 Å². The highest BCUT2D eigenvalue weighted by molar-refractivity contribution is 5.80. The van der Waals surface area contributed by atoms with Gasteiger partial charge < -0.3 is 20.2 Å². The van der Waals surface area contributed by atoms with Crippen molar-refractivity contribution in [2.45, 2.75) is 50.9 Å². The van der Waals surface area contributed by atoms with Crippen LogP contribution in [0.2, 0.25) is 0 Å². The molecule has 13 heteroatoms. The molecule has 3 aromatic rings. The van der Waals surface area contributed by atoms with Gasteiger partial charge in [0.05, 0.1) is 5.69 Å². The highest BCUT2D eigenvalue weighted by Gasteiger charge is 2.39. The van der Waals surface area contributed by atoms with Crippen molar-refractivity contribution in [3.63, 3.8) is 0 Å². The molecule has 41 heavy (non-hydrogen) atoms. The summed E-state index contributed by atoms with van der Waals surface area (Å²) in [6.45, 7) is 3.98. The number of hydrogen-bond acceptors (Lipinski definition) is 7. The van der Waals surface area contributed by atoms with Gasteiger partial charge in [-0.1, -0.05) is 30.3 Å². The highest BCUT2D eigenvalue weighted by Crippen LogP contribution is 2.32. The number of carbonyl (C=O) groups is 2. The van der Waals surface area contributed by atoms with Gasteiger partial charge in [-0.2, -0.15) is 17.9 Å². The number of hydrogen-bond donors (Lipinski definition) is 2. The van der Waals surface area contributed by atoms with E-state index in [4.69, 9.17) is 0 Å². The molecule has 0 unspecified atom stereocenters. The first-order valence-corrected chi connectivity index (χ1v) is 13.6. The molecule has 5 rings (SSSR count). The van der Waals surface area contributed by atoms with Crippen LogP contribution in [0.5, 0.6) is 5.75 Å². The quantitative estimate of drug-likeness (QED) is 0.467. The van der Waals surface area contributed by atoms with Crippen LogP contribution in [-0.2, 0) is 22.3 Å². The van der Waals surface area contributed by atoms with Crippen LogP contribution in [0.25, 0.3) is 5.69 Å². The first kappa shape index (κ1) is 28.5. The zero-order valence-corrected chi connectivity index (χ0v) is 22.6. The lowest BCUT2D eigenvalue weighted by Crippen LogP contribution is -2.52. The molecule has 2 atom stereocenters. The van der Waals surface area contributed by atoms with Gasteiger partial charge >= 0.3 is 6.18 Å². The number of carbonyl (C=O) groups excluding carboxylic acids is 2. The Labute approximate surface area is 235 Å². The highest BCUT2D eigenvalue weighted by atomic mass is 19.4. The number of tetrazole rings is 1. The molecule has 10 nitrogen and oxygen atoms in total. The Hall–Kier alpha value is -4.00. The Morgan fingerprint density at radius 2 is 1.73 bits per heavy atom. The molecule has 2 N–H and O–H groups in total. The number of piperidine rings is 2. The number of phenols is 1. The van der Waals surface area contributed by atoms with Crippen molar-refractivity contribution in [2.75, 3.05) is 26.2 Å². The van der Waals surface area contributed by atoms with Crippen molar-refractivity contribution >= 4 is 11.8 Å². The van der Waals surface area contributed by atoms with E-state index in [0.717, 1.165) is 5.56 Å². The third-order valence-electron chi connectivity index (χ3n) is 8.03. The summed E-state index contributed by atoms with van der Waals surface area (Å²) >= 11 is 0. The number of benzene rings is 2. The van der Waals surface area contributed by atoms with Crippen molar-refractivity contribution in [1.82, 2.24) is 35.3 Å². The van der Waals surface area contributed by atoms with Crippen molar-refractivity contribution in [3.8, 4) is 11.4 Å². The van der Waals surface area contributed by atoms with Crippen LogP contribution in [0.3, 0.4) is 0 Å². The van der Waals surface area contributed by atoms with Crippen LogP contribution < -0.4 is 5.32 Å². The summed E-state index contributed by atoms with van der Waals surface area (Å²) in [5.74, 6) is -1.33.